The minimum atomic E-state index is -0.212. The van der Waals surface area contributed by atoms with E-state index >= 15 is 0 Å². The van der Waals surface area contributed by atoms with Crippen molar-refractivity contribution in [2.45, 2.75) is 6.54 Å². The Morgan fingerprint density at radius 2 is 1.72 bits per heavy atom. The highest BCUT2D eigenvalue weighted by Gasteiger charge is 2.09. The van der Waals surface area contributed by atoms with Gasteiger partial charge in [-0.3, -0.25) is 9.59 Å². The Morgan fingerprint density at radius 1 is 0.920 bits per heavy atom. The maximum atomic E-state index is 12.2. The molecule has 2 aromatic carbocycles. The number of halogens is 1. The van der Waals surface area contributed by atoms with Crippen molar-refractivity contribution in [3.63, 3.8) is 0 Å². The molecular weight excluding hydrogens is 384 g/mol. The summed E-state index contributed by atoms with van der Waals surface area (Å²) in [4.78, 5) is 24.3. The Hall–Kier alpha value is -2.86. The van der Waals surface area contributed by atoms with Crippen molar-refractivity contribution < 1.29 is 14.0 Å². The average Bonchev–Trinajstić information content (AvgIpc) is 3.14. The van der Waals surface area contributed by atoms with Crippen LogP contribution in [-0.2, 0) is 6.54 Å². The quantitative estimate of drug-likeness (QED) is 0.675. The fourth-order valence-corrected chi connectivity index (χ4v) is 2.62. The molecule has 6 heteroatoms. The largest absolute Gasteiger partial charge is 0.467 e. The number of anilines is 1. The second kappa shape index (κ2) is 7.81. The monoisotopic (exact) mass is 398 g/mol. The van der Waals surface area contributed by atoms with Gasteiger partial charge < -0.3 is 15.1 Å². The summed E-state index contributed by atoms with van der Waals surface area (Å²) in [6, 6.07) is 17.4. The highest BCUT2D eigenvalue weighted by Crippen LogP contribution is 2.15. The number of hydrogen-bond donors (Lipinski definition) is 2. The molecule has 1 aromatic heterocycles. The maximum absolute atomic E-state index is 12.2. The Morgan fingerprint density at radius 3 is 2.40 bits per heavy atom. The summed E-state index contributed by atoms with van der Waals surface area (Å²) in [5.41, 5.74) is 1.68. The molecule has 2 amide bonds. The Kier molecular flexibility index (Phi) is 5.30. The van der Waals surface area contributed by atoms with Crippen LogP contribution in [0.2, 0.25) is 0 Å². The molecule has 0 aliphatic rings. The summed E-state index contributed by atoms with van der Waals surface area (Å²) in [7, 11) is 0. The molecule has 0 aliphatic carbocycles. The fraction of sp³-hybridized carbons (Fsp3) is 0.0526. The van der Waals surface area contributed by atoms with Crippen LogP contribution in [0.4, 0.5) is 5.69 Å². The van der Waals surface area contributed by atoms with Crippen LogP contribution in [0.1, 0.15) is 26.5 Å². The van der Waals surface area contributed by atoms with Gasteiger partial charge in [0.15, 0.2) is 0 Å². The van der Waals surface area contributed by atoms with E-state index in [2.05, 4.69) is 26.6 Å². The second-order valence-corrected chi connectivity index (χ2v) is 6.22. The summed E-state index contributed by atoms with van der Waals surface area (Å²) in [6.07, 6.45) is 1.56. The fourth-order valence-electron chi connectivity index (χ4n) is 2.22. The molecule has 126 valence electrons. The van der Waals surface area contributed by atoms with Crippen LogP contribution < -0.4 is 10.6 Å². The smallest absolute Gasteiger partial charge is 0.255 e. The Labute approximate surface area is 153 Å². The average molecular weight is 399 g/mol. The lowest BCUT2D eigenvalue weighted by Crippen LogP contribution is -2.22. The zero-order valence-electron chi connectivity index (χ0n) is 13.2. The maximum Gasteiger partial charge on any atom is 0.255 e. The first kappa shape index (κ1) is 17.0. The minimum absolute atomic E-state index is 0.207. The second-order valence-electron chi connectivity index (χ2n) is 5.30. The van der Waals surface area contributed by atoms with Crippen molar-refractivity contribution in [3.05, 3.63) is 88.3 Å². The predicted molar refractivity (Wildman–Crippen MR) is 98.4 cm³/mol. The van der Waals surface area contributed by atoms with Gasteiger partial charge in [0.2, 0.25) is 0 Å². The van der Waals surface area contributed by atoms with Gasteiger partial charge in [0.05, 0.1) is 12.8 Å². The van der Waals surface area contributed by atoms with Gasteiger partial charge >= 0.3 is 0 Å². The van der Waals surface area contributed by atoms with Crippen LogP contribution in [0, 0.1) is 0 Å². The number of rotatable bonds is 5. The lowest BCUT2D eigenvalue weighted by atomic mass is 10.1. The standard InChI is InChI=1S/C19H15BrN2O3/c20-15-4-1-3-14(11-15)19(24)22-16-8-6-13(7-9-16)18(23)21-12-17-5-2-10-25-17/h1-11H,12H2,(H,21,23)(H,22,24). The van der Waals surface area contributed by atoms with E-state index in [-0.39, 0.29) is 11.8 Å². The van der Waals surface area contributed by atoms with E-state index < -0.39 is 0 Å². The van der Waals surface area contributed by atoms with Crippen molar-refractivity contribution >= 4 is 33.4 Å². The van der Waals surface area contributed by atoms with Gasteiger partial charge in [-0.2, -0.15) is 0 Å². The number of carbonyl (C=O) groups excluding carboxylic acids is 2. The first-order valence-corrected chi connectivity index (χ1v) is 8.39. The lowest BCUT2D eigenvalue weighted by Gasteiger charge is -2.07. The van der Waals surface area contributed by atoms with Gasteiger partial charge in [-0.15, -0.1) is 0 Å². The minimum Gasteiger partial charge on any atom is -0.467 e. The van der Waals surface area contributed by atoms with E-state index in [1.54, 1.807) is 60.9 Å². The molecule has 25 heavy (non-hydrogen) atoms. The highest BCUT2D eigenvalue weighted by molar-refractivity contribution is 9.10. The molecule has 0 spiro atoms. The third-order valence-electron chi connectivity index (χ3n) is 3.50. The van der Waals surface area contributed by atoms with E-state index in [4.69, 9.17) is 4.42 Å². The van der Waals surface area contributed by atoms with E-state index in [9.17, 15) is 9.59 Å². The molecule has 0 bridgehead atoms. The molecule has 0 saturated carbocycles. The molecule has 0 atom stereocenters. The zero-order valence-corrected chi connectivity index (χ0v) is 14.7. The van der Waals surface area contributed by atoms with Gasteiger partial charge in [0.1, 0.15) is 5.76 Å². The molecule has 0 aliphatic heterocycles. The van der Waals surface area contributed by atoms with Crippen LogP contribution in [-0.4, -0.2) is 11.8 Å². The van der Waals surface area contributed by atoms with Crippen LogP contribution in [0.15, 0.2) is 75.8 Å². The van der Waals surface area contributed by atoms with Crippen molar-refractivity contribution in [2.24, 2.45) is 0 Å². The molecule has 0 unspecified atom stereocenters. The SMILES string of the molecule is O=C(NCc1ccco1)c1ccc(NC(=O)c2cccc(Br)c2)cc1. The summed E-state index contributed by atoms with van der Waals surface area (Å²) < 4.78 is 6.00. The third kappa shape index (κ3) is 4.58. The molecule has 3 aromatic rings. The Balaban J connectivity index is 1.60. The van der Waals surface area contributed by atoms with Crippen molar-refractivity contribution in [2.75, 3.05) is 5.32 Å². The molecule has 0 fully saturated rings. The molecule has 2 N–H and O–H groups in total. The number of carbonyl (C=O) groups is 2. The van der Waals surface area contributed by atoms with E-state index in [1.165, 1.54) is 0 Å². The van der Waals surface area contributed by atoms with Crippen LogP contribution in [0.25, 0.3) is 0 Å². The first-order chi connectivity index (χ1) is 12.1. The van der Waals surface area contributed by atoms with Crippen LogP contribution in [0.3, 0.4) is 0 Å². The van der Waals surface area contributed by atoms with Gasteiger partial charge in [-0.1, -0.05) is 22.0 Å². The topological polar surface area (TPSA) is 71.3 Å². The summed E-state index contributed by atoms with van der Waals surface area (Å²) in [6.45, 7) is 0.327. The van der Waals surface area contributed by atoms with E-state index in [1.807, 2.05) is 6.07 Å². The van der Waals surface area contributed by atoms with Gasteiger partial charge in [-0.25, -0.2) is 0 Å². The molecule has 0 saturated heterocycles. The molecule has 3 rings (SSSR count). The number of amides is 2. The van der Waals surface area contributed by atoms with Crippen molar-refractivity contribution in [3.8, 4) is 0 Å². The van der Waals surface area contributed by atoms with Crippen LogP contribution >= 0.6 is 15.9 Å². The number of furan rings is 1. The van der Waals surface area contributed by atoms with E-state index in [0.717, 1.165) is 4.47 Å². The number of hydrogen-bond acceptors (Lipinski definition) is 3. The zero-order chi connectivity index (χ0) is 17.6. The third-order valence-corrected chi connectivity index (χ3v) is 3.99. The van der Waals surface area contributed by atoms with E-state index in [0.29, 0.717) is 29.1 Å². The van der Waals surface area contributed by atoms with Crippen LogP contribution in [0.5, 0.6) is 0 Å². The molecule has 0 radical (unpaired) electrons. The first-order valence-electron chi connectivity index (χ1n) is 7.59. The summed E-state index contributed by atoms with van der Waals surface area (Å²) >= 11 is 3.34. The van der Waals surface area contributed by atoms with Crippen molar-refractivity contribution in [1.29, 1.82) is 0 Å². The Bertz CT molecular complexity index is 874. The van der Waals surface area contributed by atoms with Gasteiger partial charge in [0, 0.05) is 21.3 Å². The summed E-state index contributed by atoms with van der Waals surface area (Å²) in [5.74, 6) is 0.267. The number of benzene rings is 2. The molecular formula is C19H15BrN2O3. The number of nitrogens with one attached hydrogen (secondary N) is 2. The molecule has 5 nitrogen and oxygen atoms in total. The normalized spacial score (nSPS) is 10.3. The highest BCUT2D eigenvalue weighted by atomic mass is 79.9. The summed E-state index contributed by atoms with van der Waals surface area (Å²) in [5, 5.41) is 5.57. The predicted octanol–water partition coefficient (Wildman–Crippen LogP) is 4.22. The molecule has 1 heterocycles. The van der Waals surface area contributed by atoms with Gasteiger partial charge in [0.25, 0.3) is 11.8 Å². The lowest BCUT2D eigenvalue weighted by molar-refractivity contribution is 0.0947. The van der Waals surface area contributed by atoms with Crippen molar-refractivity contribution in [1.82, 2.24) is 5.32 Å². The van der Waals surface area contributed by atoms with Gasteiger partial charge in [-0.05, 0) is 54.6 Å².